The Kier molecular flexibility index (Phi) is 5.75. The molecule has 0 aliphatic carbocycles. The molecule has 0 spiro atoms. The largest absolute Gasteiger partial charge is 0.320 e. The Labute approximate surface area is 126 Å². The molecule has 1 unspecified atom stereocenters. The molecular formula is C17H24FN3. The number of halogens is 1. The van der Waals surface area contributed by atoms with Crippen molar-refractivity contribution in [2.24, 2.45) is 5.73 Å². The molecule has 114 valence electrons. The zero-order chi connectivity index (χ0) is 15.2. The highest BCUT2D eigenvalue weighted by molar-refractivity contribution is 5.38. The summed E-state index contributed by atoms with van der Waals surface area (Å²) in [6, 6.07) is 5.70. The van der Waals surface area contributed by atoms with Crippen LogP contribution in [0.3, 0.4) is 0 Å². The van der Waals surface area contributed by atoms with Crippen molar-refractivity contribution in [1.29, 1.82) is 0 Å². The Morgan fingerprint density at radius 3 is 2.95 bits per heavy atom. The van der Waals surface area contributed by atoms with Crippen molar-refractivity contribution in [3.8, 4) is 11.8 Å². The van der Waals surface area contributed by atoms with Crippen LogP contribution in [0.5, 0.6) is 0 Å². The van der Waals surface area contributed by atoms with Crippen molar-refractivity contribution >= 4 is 0 Å². The summed E-state index contributed by atoms with van der Waals surface area (Å²) >= 11 is 0. The fourth-order valence-corrected chi connectivity index (χ4v) is 2.80. The summed E-state index contributed by atoms with van der Waals surface area (Å²) in [5.74, 6) is 5.25. The third kappa shape index (κ3) is 4.53. The molecule has 0 saturated carbocycles. The SMILES string of the molecule is CC1CN(C)CCCN1Cc1ccc(F)c(C#CCN)c1. The molecule has 1 fully saturated rings. The number of hydrogen-bond acceptors (Lipinski definition) is 3. The topological polar surface area (TPSA) is 32.5 Å². The quantitative estimate of drug-likeness (QED) is 0.841. The molecule has 2 N–H and O–H groups in total. The first kappa shape index (κ1) is 16.0. The molecule has 1 aliphatic rings. The summed E-state index contributed by atoms with van der Waals surface area (Å²) in [5, 5.41) is 0. The van der Waals surface area contributed by atoms with Gasteiger partial charge >= 0.3 is 0 Å². The molecule has 0 bridgehead atoms. The summed E-state index contributed by atoms with van der Waals surface area (Å²) < 4.78 is 13.7. The summed E-state index contributed by atoms with van der Waals surface area (Å²) in [7, 11) is 2.17. The van der Waals surface area contributed by atoms with E-state index < -0.39 is 0 Å². The van der Waals surface area contributed by atoms with Crippen molar-refractivity contribution in [3.05, 3.63) is 35.1 Å². The van der Waals surface area contributed by atoms with Crippen molar-refractivity contribution in [1.82, 2.24) is 9.80 Å². The van der Waals surface area contributed by atoms with Crippen LogP contribution in [0.1, 0.15) is 24.5 Å². The van der Waals surface area contributed by atoms with Crippen LogP contribution in [0.2, 0.25) is 0 Å². The fraction of sp³-hybridized carbons (Fsp3) is 0.529. The van der Waals surface area contributed by atoms with Crippen molar-refractivity contribution in [3.63, 3.8) is 0 Å². The first-order chi connectivity index (χ1) is 10.1. The van der Waals surface area contributed by atoms with Crippen LogP contribution in [0.15, 0.2) is 18.2 Å². The average Bonchev–Trinajstić information content (AvgIpc) is 2.61. The number of benzene rings is 1. The Morgan fingerprint density at radius 1 is 1.38 bits per heavy atom. The second kappa shape index (κ2) is 7.56. The van der Waals surface area contributed by atoms with Gasteiger partial charge in [0.05, 0.1) is 12.1 Å². The standard InChI is InChI=1S/C17H24FN3/c1-14-12-20(2)9-4-10-21(14)13-15-6-7-17(18)16(11-15)5-3-8-19/h6-7,11,14H,4,8-10,12-13,19H2,1-2H3. The monoisotopic (exact) mass is 289 g/mol. The summed E-state index contributed by atoms with van der Waals surface area (Å²) in [4.78, 5) is 4.82. The Hall–Kier alpha value is -1.41. The van der Waals surface area contributed by atoms with E-state index in [4.69, 9.17) is 5.73 Å². The van der Waals surface area contributed by atoms with Gasteiger partial charge in [-0.25, -0.2) is 4.39 Å². The predicted octanol–water partition coefficient (Wildman–Crippen LogP) is 1.66. The third-order valence-electron chi connectivity index (χ3n) is 3.93. The molecule has 4 heteroatoms. The maximum atomic E-state index is 13.7. The molecule has 1 atom stereocenters. The van der Waals surface area contributed by atoms with E-state index in [9.17, 15) is 4.39 Å². The molecule has 1 saturated heterocycles. The van der Waals surface area contributed by atoms with E-state index in [-0.39, 0.29) is 12.4 Å². The number of hydrogen-bond donors (Lipinski definition) is 1. The van der Waals surface area contributed by atoms with Gasteiger partial charge in [-0.2, -0.15) is 0 Å². The molecule has 21 heavy (non-hydrogen) atoms. The summed E-state index contributed by atoms with van der Waals surface area (Å²) in [6.45, 7) is 6.62. The van der Waals surface area contributed by atoms with E-state index in [0.29, 0.717) is 11.6 Å². The molecule has 0 amide bonds. The molecule has 1 aromatic carbocycles. The smallest absolute Gasteiger partial charge is 0.138 e. The van der Waals surface area contributed by atoms with Crippen LogP contribution in [-0.2, 0) is 6.54 Å². The maximum Gasteiger partial charge on any atom is 0.138 e. The van der Waals surface area contributed by atoms with E-state index in [1.165, 1.54) is 12.5 Å². The van der Waals surface area contributed by atoms with Crippen LogP contribution >= 0.6 is 0 Å². The number of nitrogens with two attached hydrogens (primary N) is 1. The zero-order valence-corrected chi connectivity index (χ0v) is 12.9. The van der Waals surface area contributed by atoms with Crippen molar-refractivity contribution in [2.45, 2.75) is 25.9 Å². The summed E-state index contributed by atoms with van der Waals surface area (Å²) in [6.07, 6.45) is 1.17. The lowest BCUT2D eigenvalue weighted by Gasteiger charge is -2.28. The highest BCUT2D eigenvalue weighted by Crippen LogP contribution is 2.16. The molecule has 1 aromatic rings. The van der Waals surface area contributed by atoms with Crippen LogP contribution < -0.4 is 5.73 Å². The Balaban J connectivity index is 2.11. The average molecular weight is 289 g/mol. The van der Waals surface area contributed by atoms with Crippen LogP contribution in [0.25, 0.3) is 0 Å². The van der Waals surface area contributed by atoms with Gasteiger partial charge in [0, 0.05) is 25.7 Å². The van der Waals surface area contributed by atoms with E-state index in [2.05, 4.69) is 35.6 Å². The predicted molar refractivity (Wildman–Crippen MR) is 84.3 cm³/mol. The van der Waals surface area contributed by atoms with Gasteiger partial charge in [0.15, 0.2) is 0 Å². The second-order valence-electron chi connectivity index (χ2n) is 5.76. The highest BCUT2D eigenvalue weighted by Gasteiger charge is 2.19. The zero-order valence-electron chi connectivity index (χ0n) is 12.9. The molecule has 1 aliphatic heterocycles. The third-order valence-corrected chi connectivity index (χ3v) is 3.93. The second-order valence-corrected chi connectivity index (χ2v) is 5.76. The van der Waals surface area contributed by atoms with Gasteiger partial charge in [0.1, 0.15) is 5.82 Å². The van der Waals surface area contributed by atoms with Gasteiger partial charge in [-0.05, 0) is 44.6 Å². The van der Waals surface area contributed by atoms with Crippen LogP contribution in [0.4, 0.5) is 4.39 Å². The molecule has 0 aromatic heterocycles. The number of likely N-dealkylation sites (N-methyl/N-ethyl adjacent to an activating group) is 1. The van der Waals surface area contributed by atoms with Crippen LogP contribution in [0, 0.1) is 17.7 Å². The molecule has 0 radical (unpaired) electrons. The summed E-state index contributed by atoms with van der Waals surface area (Å²) in [5.41, 5.74) is 6.90. The number of rotatable bonds is 2. The minimum atomic E-state index is -0.275. The first-order valence-corrected chi connectivity index (χ1v) is 7.50. The molecule has 3 nitrogen and oxygen atoms in total. The lowest BCUT2D eigenvalue weighted by atomic mass is 10.1. The van der Waals surface area contributed by atoms with Crippen molar-refractivity contribution in [2.75, 3.05) is 33.2 Å². The van der Waals surface area contributed by atoms with Gasteiger partial charge in [-0.15, -0.1) is 0 Å². The lowest BCUT2D eigenvalue weighted by molar-refractivity contribution is 0.194. The van der Waals surface area contributed by atoms with Gasteiger partial charge in [0.2, 0.25) is 0 Å². The highest BCUT2D eigenvalue weighted by atomic mass is 19.1. The minimum Gasteiger partial charge on any atom is -0.320 e. The van der Waals surface area contributed by atoms with Gasteiger partial charge < -0.3 is 10.6 Å². The van der Waals surface area contributed by atoms with Gasteiger partial charge in [-0.1, -0.05) is 17.9 Å². The minimum absolute atomic E-state index is 0.249. The van der Waals surface area contributed by atoms with E-state index in [1.54, 1.807) is 0 Å². The molecular weight excluding hydrogens is 265 g/mol. The van der Waals surface area contributed by atoms with Gasteiger partial charge in [0.25, 0.3) is 0 Å². The lowest BCUT2D eigenvalue weighted by Crippen LogP contribution is -2.37. The Bertz CT molecular complexity index is 533. The number of nitrogens with zero attached hydrogens (tertiary/aromatic N) is 2. The fourth-order valence-electron chi connectivity index (χ4n) is 2.80. The maximum absolute atomic E-state index is 13.7. The molecule has 1 heterocycles. The van der Waals surface area contributed by atoms with Crippen molar-refractivity contribution < 1.29 is 4.39 Å². The van der Waals surface area contributed by atoms with Crippen LogP contribution in [-0.4, -0.2) is 49.1 Å². The van der Waals surface area contributed by atoms with Gasteiger partial charge in [-0.3, -0.25) is 4.90 Å². The van der Waals surface area contributed by atoms with E-state index in [0.717, 1.165) is 31.7 Å². The first-order valence-electron chi connectivity index (χ1n) is 7.50. The molecule has 2 rings (SSSR count). The normalized spacial score (nSPS) is 20.7. The van der Waals surface area contributed by atoms with E-state index >= 15 is 0 Å². The Morgan fingerprint density at radius 2 is 2.19 bits per heavy atom. The van der Waals surface area contributed by atoms with E-state index in [1.807, 2.05) is 12.1 Å².